The van der Waals surface area contributed by atoms with Crippen LogP contribution in [-0.2, 0) is 10.5 Å². The zero-order valence-corrected chi connectivity index (χ0v) is 12.1. The summed E-state index contributed by atoms with van der Waals surface area (Å²) in [6.45, 7) is 0.732. The molecule has 1 aromatic carbocycles. The number of carbonyl (C=O) groups is 1. The summed E-state index contributed by atoms with van der Waals surface area (Å²) < 4.78 is 5.61. The van der Waals surface area contributed by atoms with Gasteiger partial charge in [-0.25, -0.2) is 4.79 Å². The van der Waals surface area contributed by atoms with Crippen LogP contribution < -0.4 is 5.73 Å². The Kier molecular flexibility index (Phi) is 6.62. The van der Waals surface area contributed by atoms with Gasteiger partial charge in [-0.1, -0.05) is 22.0 Å². The molecule has 0 atom stereocenters. The molecule has 0 radical (unpaired) electrons. The molecule has 3 nitrogen and oxygen atoms in total. The lowest BCUT2D eigenvalue weighted by molar-refractivity contribution is 0.0600. The van der Waals surface area contributed by atoms with Gasteiger partial charge >= 0.3 is 5.97 Å². The second-order valence-electron chi connectivity index (χ2n) is 3.49. The van der Waals surface area contributed by atoms with Gasteiger partial charge < -0.3 is 10.5 Å². The number of rotatable bonds is 6. The van der Waals surface area contributed by atoms with Gasteiger partial charge in [-0.2, -0.15) is 11.8 Å². The smallest absolute Gasteiger partial charge is 0.337 e. The normalized spacial score (nSPS) is 10.3. The third-order valence-electron chi connectivity index (χ3n) is 2.22. The fourth-order valence-corrected chi connectivity index (χ4v) is 2.97. The summed E-state index contributed by atoms with van der Waals surface area (Å²) in [5.74, 6) is 1.66. The van der Waals surface area contributed by atoms with E-state index in [1.807, 2.05) is 17.8 Å². The third-order valence-corrected chi connectivity index (χ3v) is 4.06. The highest BCUT2D eigenvalue weighted by molar-refractivity contribution is 9.10. The molecule has 0 aliphatic carbocycles. The fraction of sp³-hybridized carbons (Fsp3) is 0.417. The van der Waals surface area contributed by atoms with Gasteiger partial charge in [-0.15, -0.1) is 0 Å². The predicted molar refractivity (Wildman–Crippen MR) is 75.3 cm³/mol. The van der Waals surface area contributed by atoms with Crippen LogP contribution in [0.2, 0.25) is 0 Å². The largest absolute Gasteiger partial charge is 0.465 e. The molecule has 0 spiro atoms. The minimum atomic E-state index is -0.312. The SMILES string of the molecule is COC(=O)c1ccc(CSCCCN)c(Br)c1. The first-order valence-corrected chi connectivity index (χ1v) is 7.28. The van der Waals surface area contributed by atoms with Crippen molar-refractivity contribution in [3.05, 3.63) is 33.8 Å². The van der Waals surface area contributed by atoms with Crippen molar-refractivity contribution < 1.29 is 9.53 Å². The van der Waals surface area contributed by atoms with Crippen molar-refractivity contribution in [2.24, 2.45) is 5.73 Å². The molecular weight excluding hydrogens is 302 g/mol. The van der Waals surface area contributed by atoms with E-state index in [4.69, 9.17) is 5.73 Å². The Balaban J connectivity index is 2.60. The van der Waals surface area contributed by atoms with Crippen LogP contribution in [0.5, 0.6) is 0 Å². The first-order chi connectivity index (χ1) is 8.19. The van der Waals surface area contributed by atoms with E-state index >= 15 is 0 Å². The molecule has 0 heterocycles. The van der Waals surface area contributed by atoms with Crippen LogP contribution in [0.25, 0.3) is 0 Å². The maximum absolute atomic E-state index is 11.3. The quantitative estimate of drug-likeness (QED) is 0.647. The van der Waals surface area contributed by atoms with E-state index in [0.29, 0.717) is 5.56 Å². The molecule has 0 aliphatic rings. The van der Waals surface area contributed by atoms with Crippen LogP contribution in [0, 0.1) is 0 Å². The maximum Gasteiger partial charge on any atom is 0.337 e. The average molecular weight is 318 g/mol. The topological polar surface area (TPSA) is 52.3 Å². The number of hydrogen-bond acceptors (Lipinski definition) is 4. The highest BCUT2D eigenvalue weighted by Gasteiger charge is 2.08. The minimum Gasteiger partial charge on any atom is -0.465 e. The number of carbonyl (C=O) groups excluding carboxylic acids is 1. The lowest BCUT2D eigenvalue weighted by atomic mass is 10.1. The number of nitrogens with two attached hydrogens (primary N) is 1. The number of hydrogen-bond donors (Lipinski definition) is 1. The van der Waals surface area contributed by atoms with Crippen molar-refractivity contribution in [2.45, 2.75) is 12.2 Å². The average Bonchev–Trinajstić information content (AvgIpc) is 2.35. The van der Waals surface area contributed by atoms with Crippen molar-refractivity contribution in [3.63, 3.8) is 0 Å². The molecule has 0 saturated heterocycles. The van der Waals surface area contributed by atoms with E-state index in [1.165, 1.54) is 12.7 Å². The Hall–Kier alpha value is -0.520. The van der Waals surface area contributed by atoms with Crippen LogP contribution >= 0.6 is 27.7 Å². The van der Waals surface area contributed by atoms with Gasteiger partial charge in [0.1, 0.15) is 0 Å². The summed E-state index contributed by atoms with van der Waals surface area (Å²) in [7, 11) is 1.38. The van der Waals surface area contributed by atoms with E-state index in [0.717, 1.165) is 28.9 Å². The third kappa shape index (κ3) is 4.69. The second-order valence-corrected chi connectivity index (χ2v) is 5.45. The van der Waals surface area contributed by atoms with E-state index in [-0.39, 0.29) is 5.97 Å². The summed E-state index contributed by atoms with van der Waals surface area (Å²) in [4.78, 5) is 11.3. The zero-order valence-electron chi connectivity index (χ0n) is 9.74. The van der Waals surface area contributed by atoms with Crippen LogP contribution in [0.4, 0.5) is 0 Å². The van der Waals surface area contributed by atoms with Crippen molar-refractivity contribution in [1.29, 1.82) is 0 Å². The first-order valence-electron chi connectivity index (χ1n) is 5.33. The van der Waals surface area contributed by atoms with Crippen LogP contribution in [0.3, 0.4) is 0 Å². The van der Waals surface area contributed by atoms with E-state index in [1.54, 1.807) is 12.1 Å². The Labute approximate surface area is 114 Å². The fourth-order valence-electron chi connectivity index (χ4n) is 1.28. The zero-order chi connectivity index (χ0) is 12.7. The molecule has 1 rings (SSSR count). The van der Waals surface area contributed by atoms with Gasteiger partial charge in [0.15, 0.2) is 0 Å². The molecule has 0 fully saturated rings. The molecule has 0 aliphatic heterocycles. The molecule has 0 unspecified atom stereocenters. The Morgan fingerprint density at radius 1 is 1.53 bits per heavy atom. The highest BCUT2D eigenvalue weighted by atomic mass is 79.9. The number of benzene rings is 1. The number of methoxy groups -OCH3 is 1. The number of thioether (sulfide) groups is 1. The minimum absolute atomic E-state index is 0.312. The molecular formula is C12H16BrNO2S. The Morgan fingerprint density at radius 2 is 2.29 bits per heavy atom. The molecule has 1 aromatic rings. The Bertz CT molecular complexity index is 385. The van der Waals surface area contributed by atoms with Crippen LogP contribution in [0.1, 0.15) is 22.3 Å². The lowest BCUT2D eigenvalue weighted by Crippen LogP contribution is -2.02. The molecule has 0 bridgehead atoms. The van der Waals surface area contributed by atoms with Crippen molar-refractivity contribution in [3.8, 4) is 0 Å². The van der Waals surface area contributed by atoms with E-state index in [2.05, 4.69) is 20.7 Å². The molecule has 94 valence electrons. The monoisotopic (exact) mass is 317 g/mol. The van der Waals surface area contributed by atoms with Gasteiger partial charge in [0.25, 0.3) is 0 Å². The summed E-state index contributed by atoms with van der Waals surface area (Å²) in [5.41, 5.74) is 7.18. The standard InChI is InChI=1S/C12H16BrNO2S/c1-16-12(15)9-3-4-10(11(13)7-9)8-17-6-2-5-14/h3-4,7H,2,5-6,8,14H2,1H3. The molecule has 5 heteroatoms. The number of ether oxygens (including phenoxy) is 1. The molecule has 0 saturated carbocycles. The van der Waals surface area contributed by atoms with Crippen LogP contribution in [-0.4, -0.2) is 25.4 Å². The Morgan fingerprint density at radius 3 is 2.88 bits per heavy atom. The van der Waals surface area contributed by atoms with Gasteiger partial charge in [0.05, 0.1) is 12.7 Å². The first kappa shape index (κ1) is 14.5. The van der Waals surface area contributed by atoms with Gasteiger partial charge in [0, 0.05) is 10.2 Å². The van der Waals surface area contributed by atoms with Crippen LogP contribution in [0.15, 0.2) is 22.7 Å². The van der Waals surface area contributed by atoms with Gasteiger partial charge in [0.2, 0.25) is 0 Å². The van der Waals surface area contributed by atoms with Gasteiger partial charge in [-0.05, 0) is 36.4 Å². The summed E-state index contributed by atoms with van der Waals surface area (Å²) >= 11 is 5.31. The molecule has 2 N–H and O–H groups in total. The lowest BCUT2D eigenvalue weighted by Gasteiger charge is -2.06. The van der Waals surface area contributed by atoms with Crippen molar-refractivity contribution in [2.75, 3.05) is 19.4 Å². The molecule has 17 heavy (non-hydrogen) atoms. The number of halogens is 1. The summed E-state index contributed by atoms with van der Waals surface area (Å²) in [6.07, 6.45) is 1.03. The van der Waals surface area contributed by atoms with E-state index < -0.39 is 0 Å². The molecule has 0 amide bonds. The van der Waals surface area contributed by atoms with Gasteiger partial charge in [-0.3, -0.25) is 0 Å². The number of esters is 1. The van der Waals surface area contributed by atoms with Crippen molar-refractivity contribution >= 4 is 33.7 Å². The summed E-state index contributed by atoms with van der Waals surface area (Å²) in [5, 5.41) is 0. The van der Waals surface area contributed by atoms with Crippen molar-refractivity contribution in [1.82, 2.24) is 0 Å². The predicted octanol–water partition coefficient (Wildman–Crippen LogP) is 2.82. The van der Waals surface area contributed by atoms with E-state index in [9.17, 15) is 4.79 Å². The highest BCUT2D eigenvalue weighted by Crippen LogP contribution is 2.23. The maximum atomic E-state index is 11.3. The molecule has 0 aromatic heterocycles. The second kappa shape index (κ2) is 7.74. The summed E-state index contributed by atoms with van der Waals surface area (Å²) in [6, 6.07) is 5.53.